The van der Waals surface area contributed by atoms with Crippen LogP contribution in [0.25, 0.3) is 0 Å². The molecule has 0 heterocycles. The number of carbonyl (C=O) groups excluding carboxylic acids is 1. The standard InChI is InChI=1S/C57H74O4/c1-38(2)11-8-12-41(5)50-25-26-51-49-36-54(61-59-37-46-15-9-13-44(33-46)31-42-21-17-39(3)18-22-42)53-35-48(27-29-57(53,7)52(49)28-30-56(50,51)6)60-55(58)47-16-10-14-45(34-47)32-43-23-19-40(4)20-24-43/h9-10,13-24,33-34,38,41,48-54H,8,11-12,25-32,35-37H2,1-7H3/t41?,48?,49?,50?,51?,52?,53-,54?,56-,57-/m1/s1. The van der Waals surface area contributed by atoms with Gasteiger partial charge in [-0.05, 0) is 170 Å². The molecule has 4 aliphatic rings. The summed E-state index contributed by atoms with van der Waals surface area (Å²) in [5, 5.41) is 0. The summed E-state index contributed by atoms with van der Waals surface area (Å²) >= 11 is 0. The topological polar surface area (TPSA) is 44.8 Å². The van der Waals surface area contributed by atoms with E-state index in [0.717, 1.165) is 73.3 Å². The summed E-state index contributed by atoms with van der Waals surface area (Å²) in [7, 11) is 0. The van der Waals surface area contributed by atoms with E-state index in [1.807, 2.05) is 18.2 Å². The highest BCUT2D eigenvalue weighted by Crippen LogP contribution is 2.69. The lowest BCUT2D eigenvalue weighted by atomic mass is 9.43. The SMILES string of the molecule is Cc1ccc(Cc2cccc(COOC3CC4C5CCC(C(C)CCCC(C)C)[C@@]5(C)CCC4[C@@]4(C)CCC(OC(=O)c5cccc(Cc6ccc(C)cc6)c5)C[C@H]34)c2)cc1. The number of benzene rings is 4. The summed E-state index contributed by atoms with van der Waals surface area (Å²) in [6, 6.07) is 34.3. The Morgan fingerprint density at radius 3 is 1.97 bits per heavy atom. The Labute approximate surface area is 368 Å². The Bertz CT molecular complexity index is 2070. The smallest absolute Gasteiger partial charge is 0.338 e. The van der Waals surface area contributed by atoms with Crippen molar-refractivity contribution in [3.05, 3.63) is 142 Å². The van der Waals surface area contributed by atoms with E-state index >= 15 is 0 Å². The largest absolute Gasteiger partial charge is 0.459 e. The zero-order valence-electron chi connectivity index (χ0n) is 38.5. The normalized spacial score (nSPS) is 30.0. The first-order valence-electron chi connectivity index (χ1n) is 24.1. The summed E-state index contributed by atoms with van der Waals surface area (Å²) in [6.45, 7) is 17.2. The molecule has 4 aliphatic carbocycles. The van der Waals surface area contributed by atoms with Gasteiger partial charge in [0.25, 0.3) is 0 Å². The van der Waals surface area contributed by atoms with Crippen LogP contribution in [0.5, 0.6) is 0 Å². The van der Waals surface area contributed by atoms with Crippen LogP contribution in [0.1, 0.15) is 155 Å². The highest BCUT2D eigenvalue weighted by atomic mass is 17.2. The summed E-state index contributed by atoms with van der Waals surface area (Å²) in [4.78, 5) is 27.0. The van der Waals surface area contributed by atoms with Gasteiger partial charge in [-0.15, -0.1) is 0 Å². The molecular weight excluding hydrogens is 749 g/mol. The van der Waals surface area contributed by atoms with Gasteiger partial charge in [0, 0.05) is 0 Å². The third-order valence-electron chi connectivity index (χ3n) is 16.7. The number of hydrogen-bond donors (Lipinski definition) is 0. The van der Waals surface area contributed by atoms with Crippen LogP contribution in [0, 0.1) is 66.1 Å². The summed E-state index contributed by atoms with van der Waals surface area (Å²) < 4.78 is 6.46. The van der Waals surface area contributed by atoms with Crippen molar-refractivity contribution in [2.75, 3.05) is 0 Å². The molecule has 10 atom stereocenters. The van der Waals surface area contributed by atoms with E-state index in [-0.39, 0.29) is 29.5 Å². The molecular formula is C57H74O4. The summed E-state index contributed by atoms with van der Waals surface area (Å²) in [6.07, 6.45) is 14.8. The lowest BCUT2D eigenvalue weighted by Crippen LogP contribution is -2.59. The van der Waals surface area contributed by atoms with E-state index in [1.54, 1.807) is 0 Å². The van der Waals surface area contributed by atoms with Crippen LogP contribution in [-0.4, -0.2) is 18.2 Å². The van der Waals surface area contributed by atoms with Crippen molar-refractivity contribution < 1.29 is 19.3 Å². The lowest BCUT2D eigenvalue weighted by molar-refractivity contribution is -0.365. The maximum absolute atomic E-state index is 13.9. The van der Waals surface area contributed by atoms with E-state index in [9.17, 15) is 4.79 Å². The number of hydrogen-bond acceptors (Lipinski definition) is 4. The number of rotatable bonds is 15. The van der Waals surface area contributed by atoms with Crippen molar-refractivity contribution in [3.63, 3.8) is 0 Å². The zero-order valence-corrected chi connectivity index (χ0v) is 38.5. The quantitative estimate of drug-likeness (QED) is 0.0681. The molecule has 0 bridgehead atoms. The van der Waals surface area contributed by atoms with E-state index < -0.39 is 0 Å². The number of ether oxygens (including phenoxy) is 1. The molecule has 0 saturated heterocycles. The fourth-order valence-corrected chi connectivity index (χ4v) is 13.4. The molecule has 326 valence electrons. The van der Waals surface area contributed by atoms with Crippen molar-refractivity contribution >= 4 is 5.97 Å². The van der Waals surface area contributed by atoms with E-state index in [4.69, 9.17) is 14.5 Å². The molecule has 4 aromatic carbocycles. The van der Waals surface area contributed by atoms with Crippen LogP contribution in [0.4, 0.5) is 0 Å². The third-order valence-corrected chi connectivity index (χ3v) is 16.7. The molecule has 0 amide bonds. The van der Waals surface area contributed by atoms with Gasteiger partial charge in [0.2, 0.25) is 0 Å². The van der Waals surface area contributed by atoms with Crippen LogP contribution in [0.2, 0.25) is 0 Å². The molecule has 4 fully saturated rings. The highest BCUT2D eigenvalue weighted by molar-refractivity contribution is 5.89. The van der Waals surface area contributed by atoms with Gasteiger partial charge >= 0.3 is 5.97 Å². The number of aryl methyl sites for hydroxylation is 2. The second-order valence-corrected chi connectivity index (χ2v) is 21.3. The first kappa shape index (κ1) is 43.9. The molecule has 4 nitrogen and oxygen atoms in total. The Kier molecular flexibility index (Phi) is 13.6. The first-order valence-corrected chi connectivity index (χ1v) is 24.1. The van der Waals surface area contributed by atoms with Gasteiger partial charge in [-0.25, -0.2) is 14.6 Å². The van der Waals surface area contributed by atoms with Crippen LogP contribution in [0.3, 0.4) is 0 Å². The van der Waals surface area contributed by atoms with Gasteiger partial charge in [-0.3, -0.25) is 0 Å². The van der Waals surface area contributed by atoms with E-state index in [1.165, 1.54) is 72.8 Å². The van der Waals surface area contributed by atoms with Crippen LogP contribution < -0.4 is 0 Å². The second-order valence-electron chi connectivity index (χ2n) is 21.3. The number of carbonyl (C=O) groups is 1. The molecule has 4 heteroatoms. The molecule has 0 aliphatic heterocycles. The van der Waals surface area contributed by atoms with E-state index in [2.05, 4.69) is 127 Å². The molecule has 61 heavy (non-hydrogen) atoms. The van der Waals surface area contributed by atoms with Crippen molar-refractivity contribution in [3.8, 4) is 0 Å². The monoisotopic (exact) mass is 823 g/mol. The third kappa shape index (κ3) is 9.92. The summed E-state index contributed by atoms with van der Waals surface area (Å²) in [5.74, 6) is 4.46. The Morgan fingerprint density at radius 1 is 0.656 bits per heavy atom. The van der Waals surface area contributed by atoms with Crippen molar-refractivity contribution in [1.29, 1.82) is 0 Å². The summed E-state index contributed by atoms with van der Waals surface area (Å²) in [5.41, 5.74) is 9.80. The maximum Gasteiger partial charge on any atom is 0.338 e. The number of esters is 1. The van der Waals surface area contributed by atoms with Gasteiger partial charge in [0.05, 0.1) is 11.7 Å². The molecule has 4 aromatic rings. The first-order chi connectivity index (χ1) is 29.4. The molecule has 0 radical (unpaired) electrons. The molecule has 4 saturated carbocycles. The van der Waals surface area contributed by atoms with Crippen molar-refractivity contribution in [2.24, 2.45) is 52.3 Å². The fourth-order valence-electron chi connectivity index (χ4n) is 13.4. The van der Waals surface area contributed by atoms with Gasteiger partial charge < -0.3 is 4.74 Å². The molecule has 0 N–H and O–H groups in total. The Morgan fingerprint density at radius 2 is 1.28 bits per heavy atom. The van der Waals surface area contributed by atoms with Gasteiger partial charge in [0.15, 0.2) is 0 Å². The minimum atomic E-state index is -0.208. The van der Waals surface area contributed by atoms with Crippen LogP contribution in [-0.2, 0) is 34.0 Å². The zero-order chi connectivity index (χ0) is 42.7. The Balaban J connectivity index is 0.981. The van der Waals surface area contributed by atoms with Gasteiger partial charge in [-0.2, -0.15) is 0 Å². The van der Waals surface area contributed by atoms with Gasteiger partial charge in [0.1, 0.15) is 12.7 Å². The van der Waals surface area contributed by atoms with Crippen molar-refractivity contribution in [2.45, 2.75) is 151 Å². The molecule has 0 spiro atoms. The predicted octanol–water partition coefficient (Wildman–Crippen LogP) is 14.3. The number of fused-ring (bicyclic) bond motifs is 5. The van der Waals surface area contributed by atoms with Crippen LogP contribution >= 0.6 is 0 Å². The average molecular weight is 823 g/mol. The second kappa shape index (κ2) is 18.9. The predicted molar refractivity (Wildman–Crippen MR) is 248 cm³/mol. The van der Waals surface area contributed by atoms with Crippen molar-refractivity contribution in [1.82, 2.24) is 0 Å². The molecule has 0 aromatic heterocycles. The molecule has 7 unspecified atom stereocenters. The fraction of sp³-hybridized carbons (Fsp3) is 0.561. The lowest BCUT2D eigenvalue weighted by Gasteiger charge is -2.62. The highest BCUT2D eigenvalue weighted by Gasteiger charge is 2.63. The van der Waals surface area contributed by atoms with Gasteiger partial charge in [-0.1, -0.05) is 150 Å². The van der Waals surface area contributed by atoms with Crippen LogP contribution in [0.15, 0.2) is 97.1 Å². The van der Waals surface area contributed by atoms with E-state index in [0.29, 0.717) is 29.4 Å². The molecule has 8 rings (SSSR count). The Hall–Kier alpha value is -3.73. The minimum absolute atomic E-state index is 0.0359. The average Bonchev–Trinajstić information content (AvgIpc) is 3.60. The minimum Gasteiger partial charge on any atom is -0.459 e. The maximum atomic E-state index is 13.9.